The minimum atomic E-state index is -3.50. The molecule has 1 aliphatic carbocycles. The topological polar surface area (TPSA) is 55.2 Å². The third-order valence-corrected chi connectivity index (χ3v) is 6.33. The number of alkyl halides is 1. The molecule has 120 valence electrons. The molecule has 1 aromatic rings. The van der Waals surface area contributed by atoms with Crippen LogP contribution in [0.3, 0.4) is 0 Å². The Morgan fingerprint density at radius 3 is 2.57 bits per heavy atom. The Hall–Kier alpha value is -0.400. The first-order valence-corrected chi connectivity index (χ1v) is 10.2. The van der Waals surface area contributed by atoms with Crippen LogP contribution >= 0.6 is 15.9 Å². The highest BCUT2D eigenvalue weighted by atomic mass is 79.9. The second-order valence-corrected chi connectivity index (χ2v) is 8.14. The van der Waals surface area contributed by atoms with Gasteiger partial charge in [-0.15, -0.1) is 0 Å². The van der Waals surface area contributed by atoms with Gasteiger partial charge in [-0.2, -0.15) is 4.31 Å². The Morgan fingerprint density at radius 2 is 2.05 bits per heavy atom. The summed E-state index contributed by atoms with van der Waals surface area (Å²) in [5.74, 6) is 0.749. The fourth-order valence-electron chi connectivity index (χ4n) is 3.00. The number of sulfonamides is 1. The van der Waals surface area contributed by atoms with E-state index in [1.54, 1.807) is 10.5 Å². The zero-order valence-corrected chi connectivity index (χ0v) is 15.2. The van der Waals surface area contributed by atoms with Gasteiger partial charge in [-0.25, -0.2) is 13.4 Å². The van der Waals surface area contributed by atoms with E-state index < -0.39 is 10.0 Å². The molecular weight excluding hydrogens is 354 g/mol. The van der Waals surface area contributed by atoms with E-state index in [1.165, 1.54) is 6.42 Å². The van der Waals surface area contributed by atoms with E-state index in [1.807, 2.05) is 18.4 Å². The molecule has 1 fully saturated rings. The minimum Gasteiger partial charge on any atom is -0.334 e. The molecule has 1 saturated carbocycles. The van der Waals surface area contributed by atoms with E-state index in [0.29, 0.717) is 11.9 Å². The van der Waals surface area contributed by atoms with Crippen molar-refractivity contribution in [1.82, 2.24) is 13.9 Å². The molecule has 0 saturated heterocycles. The van der Waals surface area contributed by atoms with E-state index in [-0.39, 0.29) is 11.1 Å². The van der Waals surface area contributed by atoms with Gasteiger partial charge in [0, 0.05) is 30.7 Å². The molecule has 0 amide bonds. The summed E-state index contributed by atoms with van der Waals surface area (Å²) in [6, 6.07) is 0.119. The second-order valence-electron chi connectivity index (χ2n) is 5.51. The van der Waals surface area contributed by atoms with Crippen LogP contribution in [0.5, 0.6) is 0 Å². The zero-order valence-electron chi connectivity index (χ0n) is 12.8. The summed E-state index contributed by atoms with van der Waals surface area (Å²) in [7, 11) is -3.50. The highest BCUT2D eigenvalue weighted by Gasteiger charge is 2.33. The van der Waals surface area contributed by atoms with E-state index in [4.69, 9.17) is 0 Å². The van der Waals surface area contributed by atoms with Crippen LogP contribution in [-0.4, -0.2) is 40.2 Å². The molecular formula is C14H24BrN3O2S. The van der Waals surface area contributed by atoms with Crippen molar-refractivity contribution in [3.05, 3.63) is 12.0 Å². The predicted octanol–water partition coefficient (Wildman–Crippen LogP) is 2.93. The van der Waals surface area contributed by atoms with Gasteiger partial charge >= 0.3 is 0 Å². The molecule has 1 aromatic heterocycles. The van der Waals surface area contributed by atoms with E-state index in [2.05, 4.69) is 20.9 Å². The van der Waals surface area contributed by atoms with Crippen molar-refractivity contribution in [1.29, 1.82) is 0 Å². The monoisotopic (exact) mass is 377 g/mol. The zero-order chi connectivity index (χ0) is 15.5. The first-order chi connectivity index (χ1) is 10.0. The lowest BCUT2D eigenvalue weighted by Crippen LogP contribution is -2.42. The van der Waals surface area contributed by atoms with Crippen molar-refractivity contribution < 1.29 is 8.42 Å². The van der Waals surface area contributed by atoms with Gasteiger partial charge < -0.3 is 4.57 Å². The molecule has 0 radical (unpaired) electrons. The summed E-state index contributed by atoms with van der Waals surface area (Å²) in [5.41, 5.74) is 0. The van der Waals surface area contributed by atoms with Gasteiger partial charge in [0.2, 0.25) is 0 Å². The van der Waals surface area contributed by atoms with Crippen LogP contribution in [-0.2, 0) is 16.6 Å². The molecule has 1 aliphatic rings. The van der Waals surface area contributed by atoms with E-state index in [0.717, 1.165) is 38.1 Å². The third-order valence-electron chi connectivity index (χ3n) is 4.15. The highest BCUT2D eigenvalue weighted by molar-refractivity contribution is 9.09. The fraction of sp³-hybridized carbons (Fsp3) is 0.786. The summed E-state index contributed by atoms with van der Waals surface area (Å²) in [4.78, 5) is 4.27. The molecule has 0 aromatic carbocycles. The van der Waals surface area contributed by atoms with Crippen molar-refractivity contribution in [2.45, 2.75) is 63.6 Å². The average molecular weight is 378 g/mol. The molecule has 0 aliphatic heterocycles. The first-order valence-electron chi connectivity index (χ1n) is 7.62. The Balaban J connectivity index is 2.31. The number of hydrogen-bond donors (Lipinski definition) is 0. The van der Waals surface area contributed by atoms with Gasteiger partial charge in [-0.3, -0.25) is 0 Å². The number of aryl methyl sites for hydroxylation is 2. The summed E-state index contributed by atoms with van der Waals surface area (Å²) < 4.78 is 29.4. The van der Waals surface area contributed by atoms with Crippen LogP contribution in [0, 0.1) is 6.92 Å². The molecule has 5 nitrogen and oxygen atoms in total. The highest BCUT2D eigenvalue weighted by Crippen LogP contribution is 2.27. The maximum Gasteiger partial charge on any atom is 0.262 e. The number of rotatable bonds is 6. The number of nitrogens with zero attached hydrogens (tertiary/aromatic N) is 3. The van der Waals surface area contributed by atoms with Crippen LogP contribution < -0.4 is 0 Å². The summed E-state index contributed by atoms with van der Waals surface area (Å²) >= 11 is 3.38. The lowest BCUT2D eigenvalue weighted by atomic mass is 9.95. The summed E-state index contributed by atoms with van der Waals surface area (Å²) in [6.45, 7) is 5.07. The third kappa shape index (κ3) is 3.68. The number of imidazole rings is 1. The normalized spacial score (nSPS) is 17.5. The standard InChI is InChI=1S/C14H24BrN3O2S/c1-3-17-11-14(16-12(17)2)21(19,20)18(10-9-15)13-7-5-4-6-8-13/h11,13H,3-10H2,1-2H3. The van der Waals surface area contributed by atoms with Crippen LogP contribution in [0.15, 0.2) is 11.2 Å². The maximum atomic E-state index is 12.9. The Labute approximate surface area is 135 Å². The molecule has 2 rings (SSSR count). The van der Waals surface area contributed by atoms with Crippen LogP contribution in [0.1, 0.15) is 44.9 Å². The Kier molecular flexibility index (Phi) is 5.85. The smallest absolute Gasteiger partial charge is 0.262 e. The Bertz CT molecular complexity index is 565. The van der Waals surface area contributed by atoms with Gasteiger partial charge in [0.25, 0.3) is 10.0 Å². The van der Waals surface area contributed by atoms with Crippen molar-refractivity contribution >= 4 is 26.0 Å². The minimum absolute atomic E-state index is 0.119. The lowest BCUT2D eigenvalue weighted by molar-refractivity contribution is 0.262. The van der Waals surface area contributed by atoms with Gasteiger partial charge in [0.05, 0.1) is 0 Å². The van der Waals surface area contributed by atoms with Crippen LogP contribution in [0.4, 0.5) is 0 Å². The quantitative estimate of drug-likeness (QED) is 0.716. The van der Waals surface area contributed by atoms with E-state index in [9.17, 15) is 8.42 Å². The molecule has 7 heteroatoms. The molecule has 0 N–H and O–H groups in total. The van der Waals surface area contributed by atoms with Crippen LogP contribution in [0.25, 0.3) is 0 Å². The number of aromatic nitrogens is 2. The van der Waals surface area contributed by atoms with E-state index >= 15 is 0 Å². The Morgan fingerprint density at radius 1 is 1.38 bits per heavy atom. The van der Waals surface area contributed by atoms with Crippen molar-refractivity contribution in [2.24, 2.45) is 0 Å². The fourth-order valence-corrected chi connectivity index (χ4v) is 5.30. The largest absolute Gasteiger partial charge is 0.334 e. The van der Waals surface area contributed by atoms with Gasteiger partial charge in [0.15, 0.2) is 5.03 Å². The molecule has 21 heavy (non-hydrogen) atoms. The summed E-state index contributed by atoms with van der Waals surface area (Å²) in [6.07, 6.45) is 7.01. The lowest BCUT2D eigenvalue weighted by Gasteiger charge is -2.32. The maximum absolute atomic E-state index is 12.9. The molecule has 1 heterocycles. The van der Waals surface area contributed by atoms with Gasteiger partial charge in [-0.05, 0) is 26.7 Å². The summed E-state index contributed by atoms with van der Waals surface area (Å²) in [5, 5.41) is 0.837. The molecule has 0 unspecified atom stereocenters. The van der Waals surface area contributed by atoms with Crippen molar-refractivity contribution in [3.8, 4) is 0 Å². The molecule has 0 bridgehead atoms. The number of hydrogen-bond acceptors (Lipinski definition) is 3. The predicted molar refractivity (Wildman–Crippen MR) is 87.2 cm³/mol. The van der Waals surface area contributed by atoms with Crippen molar-refractivity contribution in [3.63, 3.8) is 0 Å². The van der Waals surface area contributed by atoms with Gasteiger partial charge in [-0.1, -0.05) is 35.2 Å². The first kappa shape index (κ1) is 17.0. The second kappa shape index (κ2) is 7.24. The van der Waals surface area contributed by atoms with Gasteiger partial charge in [0.1, 0.15) is 5.82 Å². The van der Waals surface area contributed by atoms with Crippen molar-refractivity contribution in [2.75, 3.05) is 11.9 Å². The SMILES string of the molecule is CCn1cc(S(=O)(=O)N(CCBr)C2CCCCC2)nc1C. The average Bonchev–Trinajstić information content (AvgIpc) is 2.87. The molecule has 0 spiro atoms. The van der Waals surface area contributed by atoms with Crippen LogP contribution in [0.2, 0.25) is 0 Å². The molecule has 0 atom stereocenters. The number of halogens is 1.